The molecule has 1 N–H and O–H groups in total. The lowest BCUT2D eigenvalue weighted by molar-refractivity contribution is 0.288. The summed E-state index contributed by atoms with van der Waals surface area (Å²) in [6.45, 7) is 5.11. The quantitative estimate of drug-likeness (QED) is 0.872. The van der Waals surface area contributed by atoms with Gasteiger partial charge in [-0.15, -0.1) is 0 Å². The van der Waals surface area contributed by atoms with Gasteiger partial charge in [0.25, 0.3) is 0 Å². The predicted molar refractivity (Wildman–Crippen MR) is 86.1 cm³/mol. The Bertz CT molecular complexity index is 557. The number of nitrogens with zero attached hydrogens (tertiary/aromatic N) is 1. The van der Waals surface area contributed by atoms with Gasteiger partial charge in [-0.2, -0.15) is 4.31 Å². The van der Waals surface area contributed by atoms with Crippen LogP contribution >= 0.6 is 11.6 Å². The zero-order valence-corrected chi connectivity index (χ0v) is 14.0. The molecule has 0 atom stereocenters. The largest absolute Gasteiger partial charge is 0.317 e. The molecule has 1 aromatic carbocycles. The SMILES string of the molecule is CCCN(CC1CCNCC1)S(=O)(=O)c1cccc(Cl)c1. The monoisotopic (exact) mass is 330 g/mol. The van der Waals surface area contributed by atoms with E-state index >= 15 is 0 Å². The van der Waals surface area contributed by atoms with Crippen LogP contribution in [0.2, 0.25) is 5.02 Å². The highest BCUT2D eigenvalue weighted by molar-refractivity contribution is 7.89. The van der Waals surface area contributed by atoms with Crippen molar-refractivity contribution in [3.63, 3.8) is 0 Å². The second-order valence-electron chi connectivity index (χ2n) is 5.51. The van der Waals surface area contributed by atoms with Gasteiger partial charge in [0, 0.05) is 18.1 Å². The highest BCUT2D eigenvalue weighted by Gasteiger charge is 2.27. The second-order valence-corrected chi connectivity index (χ2v) is 7.89. The number of piperidine rings is 1. The number of hydrogen-bond acceptors (Lipinski definition) is 3. The van der Waals surface area contributed by atoms with Gasteiger partial charge in [-0.1, -0.05) is 24.6 Å². The number of hydrogen-bond donors (Lipinski definition) is 1. The lowest BCUT2D eigenvalue weighted by Gasteiger charge is -2.29. The molecule has 1 aromatic rings. The molecule has 1 aliphatic heterocycles. The zero-order chi connectivity index (χ0) is 15.3. The van der Waals surface area contributed by atoms with Crippen molar-refractivity contribution in [2.24, 2.45) is 5.92 Å². The van der Waals surface area contributed by atoms with Crippen LogP contribution in [-0.2, 0) is 10.0 Å². The zero-order valence-electron chi connectivity index (χ0n) is 12.4. The Morgan fingerprint density at radius 3 is 2.67 bits per heavy atom. The van der Waals surface area contributed by atoms with Crippen molar-refractivity contribution in [2.75, 3.05) is 26.2 Å². The van der Waals surface area contributed by atoms with Crippen molar-refractivity contribution >= 4 is 21.6 Å². The summed E-state index contributed by atoms with van der Waals surface area (Å²) >= 11 is 5.93. The third kappa shape index (κ3) is 4.42. The van der Waals surface area contributed by atoms with Crippen molar-refractivity contribution in [3.8, 4) is 0 Å². The van der Waals surface area contributed by atoms with Crippen LogP contribution in [0, 0.1) is 5.92 Å². The van der Waals surface area contributed by atoms with E-state index in [4.69, 9.17) is 11.6 Å². The summed E-state index contributed by atoms with van der Waals surface area (Å²) in [5, 5.41) is 3.77. The van der Waals surface area contributed by atoms with Gasteiger partial charge in [0.15, 0.2) is 0 Å². The van der Waals surface area contributed by atoms with Gasteiger partial charge >= 0.3 is 0 Å². The minimum absolute atomic E-state index is 0.289. The van der Waals surface area contributed by atoms with Crippen molar-refractivity contribution in [1.29, 1.82) is 0 Å². The minimum Gasteiger partial charge on any atom is -0.317 e. The third-order valence-corrected chi connectivity index (χ3v) is 5.92. The maximum absolute atomic E-state index is 12.8. The number of rotatable bonds is 6. The highest BCUT2D eigenvalue weighted by Crippen LogP contribution is 2.23. The van der Waals surface area contributed by atoms with Crippen LogP contribution in [-0.4, -0.2) is 38.9 Å². The maximum atomic E-state index is 12.8. The van der Waals surface area contributed by atoms with E-state index in [1.807, 2.05) is 6.92 Å². The Morgan fingerprint density at radius 1 is 1.33 bits per heavy atom. The van der Waals surface area contributed by atoms with Crippen molar-refractivity contribution < 1.29 is 8.42 Å². The Labute approximate surface area is 132 Å². The summed E-state index contributed by atoms with van der Waals surface area (Å²) in [7, 11) is -3.46. The fourth-order valence-electron chi connectivity index (χ4n) is 2.69. The second kappa shape index (κ2) is 7.58. The Morgan fingerprint density at radius 2 is 2.05 bits per heavy atom. The first-order valence-electron chi connectivity index (χ1n) is 7.50. The molecule has 0 radical (unpaired) electrons. The van der Waals surface area contributed by atoms with E-state index in [1.165, 1.54) is 6.07 Å². The van der Waals surface area contributed by atoms with Crippen LogP contribution in [0.1, 0.15) is 26.2 Å². The summed E-state index contributed by atoms with van der Waals surface area (Å²) in [4.78, 5) is 0.289. The minimum atomic E-state index is -3.46. The van der Waals surface area contributed by atoms with Gasteiger partial charge in [-0.25, -0.2) is 8.42 Å². The summed E-state index contributed by atoms with van der Waals surface area (Å²) in [5.74, 6) is 0.437. The summed E-state index contributed by atoms with van der Waals surface area (Å²) in [5.41, 5.74) is 0. The average molecular weight is 331 g/mol. The molecule has 6 heteroatoms. The predicted octanol–water partition coefficient (Wildman–Crippen LogP) is 2.74. The van der Waals surface area contributed by atoms with Crippen LogP contribution < -0.4 is 5.32 Å². The molecular weight excluding hydrogens is 308 g/mol. The highest BCUT2D eigenvalue weighted by atomic mass is 35.5. The van der Waals surface area contributed by atoms with Gasteiger partial charge in [0.1, 0.15) is 0 Å². The standard InChI is InChI=1S/C15H23ClN2O2S/c1-2-10-18(12-13-6-8-17-9-7-13)21(19,20)15-5-3-4-14(16)11-15/h3-5,11,13,17H,2,6-10,12H2,1H3. The van der Waals surface area contributed by atoms with Crippen LogP contribution in [0.5, 0.6) is 0 Å². The van der Waals surface area contributed by atoms with Gasteiger partial charge in [-0.05, 0) is 56.5 Å². The van der Waals surface area contributed by atoms with Crippen molar-refractivity contribution in [2.45, 2.75) is 31.1 Å². The molecule has 1 heterocycles. The molecule has 1 fully saturated rings. The van der Waals surface area contributed by atoms with Crippen molar-refractivity contribution in [3.05, 3.63) is 29.3 Å². The molecule has 0 saturated carbocycles. The van der Waals surface area contributed by atoms with Crippen LogP contribution in [0.25, 0.3) is 0 Å². The average Bonchev–Trinajstić information content (AvgIpc) is 2.48. The molecule has 4 nitrogen and oxygen atoms in total. The molecule has 0 unspecified atom stereocenters. The smallest absolute Gasteiger partial charge is 0.243 e. The fourth-order valence-corrected chi connectivity index (χ4v) is 4.60. The van der Waals surface area contributed by atoms with Gasteiger partial charge in [-0.3, -0.25) is 0 Å². The van der Waals surface area contributed by atoms with Crippen LogP contribution in [0.15, 0.2) is 29.2 Å². The molecule has 2 rings (SSSR count). The first-order valence-corrected chi connectivity index (χ1v) is 9.32. The van der Waals surface area contributed by atoms with Crippen LogP contribution in [0.4, 0.5) is 0 Å². The number of halogens is 1. The topological polar surface area (TPSA) is 49.4 Å². The Hall–Kier alpha value is -0.620. The molecule has 0 amide bonds. The third-order valence-electron chi connectivity index (χ3n) is 3.83. The number of sulfonamides is 1. The summed E-state index contributed by atoms with van der Waals surface area (Å²) < 4.78 is 27.2. The first-order chi connectivity index (χ1) is 10.0. The molecule has 1 aliphatic rings. The van der Waals surface area contributed by atoms with E-state index in [0.717, 1.165) is 32.4 Å². The lowest BCUT2D eigenvalue weighted by Crippen LogP contribution is -2.39. The molecule has 21 heavy (non-hydrogen) atoms. The molecule has 1 saturated heterocycles. The molecular formula is C15H23ClN2O2S. The number of benzene rings is 1. The van der Waals surface area contributed by atoms with E-state index in [2.05, 4.69) is 5.32 Å². The normalized spacial score (nSPS) is 17.3. The van der Waals surface area contributed by atoms with E-state index in [1.54, 1.807) is 22.5 Å². The first kappa shape index (κ1) is 16.7. The van der Waals surface area contributed by atoms with E-state index < -0.39 is 10.0 Å². The molecule has 118 valence electrons. The van der Waals surface area contributed by atoms with E-state index in [0.29, 0.717) is 24.0 Å². The fraction of sp³-hybridized carbons (Fsp3) is 0.600. The summed E-state index contributed by atoms with van der Waals surface area (Å²) in [6.07, 6.45) is 2.88. The van der Waals surface area contributed by atoms with E-state index in [9.17, 15) is 8.42 Å². The Balaban J connectivity index is 2.19. The molecule has 0 aromatic heterocycles. The molecule has 0 spiro atoms. The molecule has 0 aliphatic carbocycles. The Kier molecular flexibility index (Phi) is 6.05. The summed E-state index contributed by atoms with van der Waals surface area (Å²) in [6, 6.07) is 6.52. The van der Waals surface area contributed by atoms with Gasteiger partial charge < -0.3 is 5.32 Å². The molecule has 0 bridgehead atoms. The lowest BCUT2D eigenvalue weighted by atomic mass is 9.98. The van der Waals surface area contributed by atoms with E-state index in [-0.39, 0.29) is 4.90 Å². The van der Waals surface area contributed by atoms with Crippen LogP contribution in [0.3, 0.4) is 0 Å². The number of nitrogens with one attached hydrogen (secondary N) is 1. The van der Waals surface area contributed by atoms with Gasteiger partial charge in [0.05, 0.1) is 4.90 Å². The van der Waals surface area contributed by atoms with Gasteiger partial charge in [0.2, 0.25) is 10.0 Å². The maximum Gasteiger partial charge on any atom is 0.243 e. The van der Waals surface area contributed by atoms with Crippen molar-refractivity contribution in [1.82, 2.24) is 9.62 Å².